The predicted octanol–water partition coefficient (Wildman–Crippen LogP) is 0.306. The van der Waals surface area contributed by atoms with Crippen LogP contribution in [-0.4, -0.2) is 38.1 Å². The van der Waals surface area contributed by atoms with Crippen molar-refractivity contribution in [1.29, 1.82) is 0 Å². The highest BCUT2D eigenvalue weighted by Crippen LogP contribution is 1.74. The molecule has 0 aromatic heterocycles. The molecule has 0 aliphatic rings. The van der Waals surface area contributed by atoms with Gasteiger partial charge in [0.2, 0.25) is 0 Å². The lowest BCUT2D eigenvalue weighted by molar-refractivity contribution is -0.107. The maximum atomic E-state index is 9.82. The first-order valence-electron chi connectivity index (χ1n) is 3.75. The van der Waals surface area contributed by atoms with Crippen LogP contribution in [0.1, 0.15) is 12.8 Å². The molecule has 4 nitrogen and oxygen atoms in total. The molecule has 0 bridgehead atoms. The van der Waals surface area contributed by atoms with Crippen LogP contribution in [0, 0.1) is 0 Å². The Morgan fingerprint density at radius 2 is 1.25 bits per heavy atom. The van der Waals surface area contributed by atoms with Gasteiger partial charge in [-0.3, -0.25) is 9.98 Å². The zero-order chi connectivity index (χ0) is 9.07. The van der Waals surface area contributed by atoms with Gasteiger partial charge in [-0.15, -0.1) is 0 Å². The zero-order valence-corrected chi connectivity index (χ0v) is 6.85. The van der Waals surface area contributed by atoms with Crippen LogP contribution in [0.2, 0.25) is 0 Å². The molecule has 0 amide bonds. The topological polar surface area (TPSA) is 58.9 Å². The van der Waals surface area contributed by atoms with Gasteiger partial charge >= 0.3 is 0 Å². The maximum absolute atomic E-state index is 9.82. The van der Waals surface area contributed by atoms with Crippen LogP contribution in [0.4, 0.5) is 0 Å². The van der Waals surface area contributed by atoms with E-state index in [-0.39, 0.29) is 0 Å². The minimum Gasteiger partial charge on any atom is -0.303 e. The van der Waals surface area contributed by atoms with Crippen LogP contribution < -0.4 is 0 Å². The second-order valence-corrected chi connectivity index (χ2v) is 1.98. The summed E-state index contributed by atoms with van der Waals surface area (Å²) in [5, 5.41) is 0. The molecule has 0 aliphatic carbocycles. The molecule has 66 valence electrons. The molecule has 12 heavy (non-hydrogen) atoms. The van der Waals surface area contributed by atoms with Gasteiger partial charge in [-0.1, -0.05) is 0 Å². The fourth-order valence-electron chi connectivity index (χ4n) is 0.533. The standard InChI is InChI=1S/C8H12N2O2/c11-7-1-3-9-5-6-10-4-2-8-12/h3-4,7-8H,1-2,5-6H2/b9-3-,10-4+. The first kappa shape index (κ1) is 10.7. The van der Waals surface area contributed by atoms with Crippen molar-refractivity contribution in [1.82, 2.24) is 0 Å². The van der Waals surface area contributed by atoms with E-state index in [4.69, 9.17) is 0 Å². The number of hydrogen-bond donors (Lipinski definition) is 0. The maximum Gasteiger partial charge on any atom is 0.125 e. The van der Waals surface area contributed by atoms with E-state index < -0.39 is 0 Å². The van der Waals surface area contributed by atoms with E-state index in [1.807, 2.05) is 0 Å². The van der Waals surface area contributed by atoms with E-state index >= 15 is 0 Å². The summed E-state index contributed by atoms with van der Waals surface area (Å²) >= 11 is 0. The summed E-state index contributed by atoms with van der Waals surface area (Å²) in [6.45, 7) is 1.15. The molecule has 0 rings (SSSR count). The van der Waals surface area contributed by atoms with Gasteiger partial charge in [0, 0.05) is 25.3 Å². The minimum absolute atomic E-state index is 0.359. The van der Waals surface area contributed by atoms with Crippen molar-refractivity contribution < 1.29 is 9.59 Å². The highest BCUT2D eigenvalue weighted by molar-refractivity contribution is 5.76. The Bertz CT molecular complexity index is 156. The monoisotopic (exact) mass is 168 g/mol. The Labute approximate surface area is 71.4 Å². The van der Waals surface area contributed by atoms with Crippen LogP contribution in [0.5, 0.6) is 0 Å². The third kappa shape index (κ3) is 8.68. The van der Waals surface area contributed by atoms with Crippen molar-refractivity contribution in [2.24, 2.45) is 9.98 Å². The molecule has 0 fully saturated rings. The zero-order valence-electron chi connectivity index (χ0n) is 6.85. The summed E-state index contributed by atoms with van der Waals surface area (Å²) in [7, 11) is 0. The second kappa shape index (κ2) is 9.68. The minimum atomic E-state index is 0.359. The van der Waals surface area contributed by atoms with Gasteiger partial charge in [-0.05, 0) is 0 Å². The van der Waals surface area contributed by atoms with Gasteiger partial charge in [-0.2, -0.15) is 0 Å². The van der Waals surface area contributed by atoms with Crippen molar-refractivity contribution in [3.05, 3.63) is 0 Å². The van der Waals surface area contributed by atoms with Crippen LogP contribution in [0.25, 0.3) is 0 Å². The van der Waals surface area contributed by atoms with Gasteiger partial charge in [0.25, 0.3) is 0 Å². The molecule has 0 unspecified atom stereocenters. The predicted molar refractivity (Wildman–Crippen MR) is 48.1 cm³/mol. The second-order valence-electron chi connectivity index (χ2n) is 1.98. The SMILES string of the molecule is O=CC/C=N\CC/N=C/CC=O. The number of hydrogen-bond acceptors (Lipinski definition) is 4. The van der Waals surface area contributed by atoms with E-state index in [1.165, 1.54) is 0 Å². The number of carbonyl (C=O) groups is 2. The number of carbonyl (C=O) groups excluding carboxylic acids is 2. The van der Waals surface area contributed by atoms with Gasteiger partial charge in [0.15, 0.2) is 0 Å². The molecule has 0 saturated carbocycles. The van der Waals surface area contributed by atoms with E-state index in [9.17, 15) is 9.59 Å². The molecule has 0 aliphatic heterocycles. The normalized spacial score (nSPS) is 11.0. The van der Waals surface area contributed by atoms with Crippen LogP contribution >= 0.6 is 0 Å². The number of aliphatic imine (C=N–C) groups is 2. The van der Waals surface area contributed by atoms with Crippen molar-refractivity contribution in [3.8, 4) is 0 Å². The first-order valence-corrected chi connectivity index (χ1v) is 3.75. The highest BCUT2D eigenvalue weighted by Gasteiger charge is 1.77. The summed E-state index contributed by atoms with van der Waals surface area (Å²) in [4.78, 5) is 27.4. The Kier molecular flexibility index (Phi) is 8.62. The third-order valence-corrected chi connectivity index (χ3v) is 1.02. The van der Waals surface area contributed by atoms with E-state index in [0.717, 1.165) is 12.6 Å². The van der Waals surface area contributed by atoms with Crippen molar-refractivity contribution >= 4 is 25.0 Å². The van der Waals surface area contributed by atoms with E-state index in [2.05, 4.69) is 9.98 Å². The largest absolute Gasteiger partial charge is 0.303 e. The van der Waals surface area contributed by atoms with Gasteiger partial charge in [-0.25, -0.2) is 0 Å². The lowest BCUT2D eigenvalue weighted by atomic mass is 10.5. The van der Waals surface area contributed by atoms with Gasteiger partial charge in [0.05, 0.1) is 13.1 Å². The average molecular weight is 168 g/mol. The highest BCUT2D eigenvalue weighted by atomic mass is 16.1. The van der Waals surface area contributed by atoms with E-state index in [0.29, 0.717) is 25.9 Å². The Hall–Kier alpha value is -1.32. The summed E-state index contributed by atoms with van der Waals surface area (Å²) in [6.07, 6.45) is 5.42. The lowest BCUT2D eigenvalue weighted by Gasteiger charge is -1.85. The molecule has 0 aromatic carbocycles. The summed E-state index contributed by atoms with van der Waals surface area (Å²) in [5.74, 6) is 0. The fraction of sp³-hybridized carbons (Fsp3) is 0.500. The van der Waals surface area contributed by atoms with Crippen LogP contribution in [0.3, 0.4) is 0 Å². The molecule has 0 radical (unpaired) electrons. The summed E-state index contributed by atoms with van der Waals surface area (Å²) in [5.41, 5.74) is 0. The molecule has 0 atom stereocenters. The smallest absolute Gasteiger partial charge is 0.125 e. The van der Waals surface area contributed by atoms with Gasteiger partial charge in [0.1, 0.15) is 12.6 Å². The van der Waals surface area contributed by atoms with Crippen molar-refractivity contribution in [2.75, 3.05) is 13.1 Å². The summed E-state index contributed by atoms with van der Waals surface area (Å²) in [6, 6.07) is 0. The molecule has 4 heteroatoms. The van der Waals surface area contributed by atoms with Crippen molar-refractivity contribution in [3.63, 3.8) is 0 Å². The molecule has 0 N–H and O–H groups in total. The fourth-order valence-corrected chi connectivity index (χ4v) is 0.533. The quantitative estimate of drug-likeness (QED) is 0.312. The molecule has 0 aromatic rings. The molecule has 0 spiro atoms. The number of rotatable bonds is 7. The first-order chi connectivity index (χ1) is 5.91. The Morgan fingerprint density at radius 1 is 0.833 bits per heavy atom. The Morgan fingerprint density at radius 3 is 1.58 bits per heavy atom. The van der Waals surface area contributed by atoms with Crippen LogP contribution in [-0.2, 0) is 9.59 Å². The molecular weight excluding hydrogens is 156 g/mol. The molecular formula is C8H12N2O2. The Balaban J connectivity index is 3.19. The van der Waals surface area contributed by atoms with Crippen molar-refractivity contribution in [2.45, 2.75) is 12.8 Å². The number of nitrogens with zero attached hydrogens (tertiary/aromatic N) is 2. The summed E-state index contributed by atoms with van der Waals surface area (Å²) < 4.78 is 0. The lowest BCUT2D eigenvalue weighted by Crippen LogP contribution is -1.89. The third-order valence-electron chi connectivity index (χ3n) is 1.02. The molecule has 0 saturated heterocycles. The average Bonchev–Trinajstić information content (AvgIpc) is 2.10. The van der Waals surface area contributed by atoms with Gasteiger partial charge < -0.3 is 9.59 Å². The van der Waals surface area contributed by atoms with Crippen LogP contribution in [0.15, 0.2) is 9.98 Å². The van der Waals surface area contributed by atoms with E-state index in [1.54, 1.807) is 12.4 Å². The number of aldehydes is 2. The molecule has 0 heterocycles.